The van der Waals surface area contributed by atoms with Gasteiger partial charge in [-0.3, -0.25) is 0 Å². The van der Waals surface area contributed by atoms with Gasteiger partial charge in [-0.05, 0) is 18.2 Å². The van der Waals surface area contributed by atoms with Crippen molar-refractivity contribution in [2.75, 3.05) is 6.61 Å². The van der Waals surface area contributed by atoms with Gasteiger partial charge in [0.1, 0.15) is 5.75 Å². The van der Waals surface area contributed by atoms with Gasteiger partial charge in [0.05, 0.1) is 12.6 Å². The number of aliphatic hydroxyl groups is 1. The Balaban J connectivity index is 2.58. The zero-order valence-corrected chi connectivity index (χ0v) is 7.57. The van der Waals surface area contributed by atoms with E-state index in [9.17, 15) is 5.11 Å². The maximum absolute atomic E-state index is 9.62. The molecule has 4 nitrogen and oxygen atoms in total. The lowest BCUT2D eigenvalue weighted by Crippen LogP contribution is -2.14. The first-order valence-corrected chi connectivity index (χ1v) is 4.39. The highest BCUT2D eigenvalue weighted by molar-refractivity contribution is 5.82. The molecule has 0 fully saturated rings. The maximum Gasteiger partial charge on any atom is 0.121 e. The summed E-state index contributed by atoms with van der Waals surface area (Å²) >= 11 is 0. The van der Waals surface area contributed by atoms with Crippen molar-refractivity contribution in [3.05, 3.63) is 30.0 Å². The average Bonchev–Trinajstić information content (AvgIpc) is 2.62. The summed E-state index contributed by atoms with van der Waals surface area (Å²) in [6.45, 7) is -0.181. The fraction of sp³-hybridized carbons (Fsp3) is 0.200. The molecule has 14 heavy (non-hydrogen) atoms. The van der Waals surface area contributed by atoms with E-state index in [2.05, 4.69) is 4.98 Å². The molecule has 0 bridgehead atoms. The van der Waals surface area contributed by atoms with Crippen LogP contribution in [0.3, 0.4) is 0 Å². The van der Waals surface area contributed by atoms with Crippen LogP contribution in [0.4, 0.5) is 0 Å². The van der Waals surface area contributed by atoms with Gasteiger partial charge in [-0.1, -0.05) is 0 Å². The normalized spacial score (nSPS) is 13.3. The van der Waals surface area contributed by atoms with Crippen LogP contribution in [0.15, 0.2) is 24.4 Å². The lowest BCUT2D eigenvalue weighted by atomic mass is 10.1. The van der Waals surface area contributed by atoms with Crippen LogP contribution in [0.5, 0.6) is 5.75 Å². The van der Waals surface area contributed by atoms with Gasteiger partial charge in [0, 0.05) is 22.7 Å². The summed E-state index contributed by atoms with van der Waals surface area (Å²) in [6.07, 6.45) is 1.79. The molecule has 1 aromatic heterocycles. The molecular weight excluding hydrogens is 180 g/mol. The van der Waals surface area contributed by atoms with E-state index in [0.29, 0.717) is 5.56 Å². The number of nitrogens with two attached hydrogens (primary N) is 1. The highest BCUT2D eigenvalue weighted by Crippen LogP contribution is 2.27. The van der Waals surface area contributed by atoms with Gasteiger partial charge in [0.25, 0.3) is 0 Å². The van der Waals surface area contributed by atoms with Crippen molar-refractivity contribution < 1.29 is 10.2 Å². The van der Waals surface area contributed by atoms with Crippen LogP contribution in [0.1, 0.15) is 11.6 Å². The van der Waals surface area contributed by atoms with Crippen molar-refractivity contribution in [2.45, 2.75) is 6.04 Å². The van der Waals surface area contributed by atoms with Crippen molar-refractivity contribution in [1.82, 2.24) is 4.98 Å². The van der Waals surface area contributed by atoms with E-state index in [0.717, 1.165) is 10.9 Å². The Morgan fingerprint density at radius 3 is 2.93 bits per heavy atom. The topological polar surface area (TPSA) is 82.3 Å². The smallest absolute Gasteiger partial charge is 0.121 e. The summed E-state index contributed by atoms with van der Waals surface area (Å²) < 4.78 is 0. The second-order valence-corrected chi connectivity index (χ2v) is 3.27. The van der Waals surface area contributed by atoms with Gasteiger partial charge in [-0.2, -0.15) is 0 Å². The van der Waals surface area contributed by atoms with Crippen molar-refractivity contribution in [1.29, 1.82) is 0 Å². The Morgan fingerprint density at radius 1 is 1.43 bits per heavy atom. The minimum absolute atomic E-state index is 0.124. The number of aliphatic hydroxyl groups excluding tert-OH is 1. The van der Waals surface area contributed by atoms with E-state index in [1.54, 1.807) is 18.3 Å². The monoisotopic (exact) mass is 192 g/mol. The van der Waals surface area contributed by atoms with Gasteiger partial charge in [-0.25, -0.2) is 0 Å². The van der Waals surface area contributed by atoms with Gasteiger partial charge in [-0.15, -0.1) is 0 Å². The molecule has 1 aromatic carbocycles. The molecule has 0 unspecified atom stereocenters. The van der Waals surface area contributed by atoms with Gasteiger partial charge in [0.15, 0.2) is 0 Å². The van der Waals surface area contributed by atoms with Crippen LogP contribution in [0.2, 0.25) is 0 Å². The second-order valence-electron chi connectivity index (χ2n) is 3.27. The van der Waals surface area contributed by atoms with E-state index in [4.69, 9.17) is 10.8 Å². The number of hydrogen-bond acceptors (Lipinski definition) is 3. The van der Waals surface area contributed by atoms with Crippen LogP contribution >= 0.6 is 0 Å². The first-order valence-electron chi connectivity index (χ1n) is 4.39. The summed E-state index contributed by atoms with van der Waals surface area (Å²) in [5, 5.41) is 19.4. The number of phenolic OH excluding ortho intramolecular Hbond substituents is 1. The van der Waals surface area contributed by atoms with Crippen LogP contribution < -0.4 is 5.73 Å². The Hall–Kier alpha value is -1.52. The Labute approximate surface area is 81.0 Å². The molecule has 0 spiro atoms. The summed E-state index contributed by atoms with van der Waals surface area (Å²) in [5.74, 6) is 0.124. The molecule has 1 heterocycles. The molecule has 0 aliphatic rings. The van der Waals surface area contributed by atoms with Crippen LogP contribution in [-0.2, 0) is 0 Å². The molecule has 0 amide bonds. The SMILES string of the molecule is N[C@H](CO)c1cc2[nH]ccc2cc1O. The molecule has 0 saturated heterocycles. The maximum atomic E-state index is 9.62. The van der Waals surface area contributed by atoms with Gasteiger partial charge in [0.2, 0.25) is 0 Å². The quantitative estimate of drug-likeness (QED) is 0.569. The lowest BCUT2D eigenvalue weighted by molar-refractivity contribution is 0.265. The fourth-order valence-electron chi connectivity index (χ4n) is 1.50. The van der Waals surface area contributed by atoms with Crippen molar-refractivity contribution in [3.63, 3.8) is 0 Å². The Morgan fingerprint density at radius 2 is 2.21 bits per heavy atom. The number of benzene rings is 1. The highest BCUT2D eigenvalue weighted by Gasteiger charge is 2.11. The Bertz CT molecular complexity index is 450. The zero-order chi connectivity index (χ0) is 10.1. The van der Waals surface area contributed by atoms with Crippen LogP contribution in [0, 0.1) is 0 Å². The number of hydrogen-bond donors (Lipinski definition) is 4. The summed E-state index contributed by atoms with van der Waals surface area (Å²) in [5.41, 5.74) is 7.09. The predicted octanol–water partition coefficient (Wildman–Crippen LogP) is 0.866. The Kier molecular flexibility index (Phi) is 2.15. The molecule has 1 atom stereocenters. The van der Waals surface area contributed by atoms with Gasteiger partial charge >= 0.3 is 0 Å². The molecule has 0 aliphatic heterocycles. The summed E-state index contributed by atoms with van der Waals surface area (Å²) in [7, 11) is 0. The fourth-order valence-corrected chi connectivity index (χ4v) is 1.50. The number of aromatic nitrogens is 1. The average molecular weight is 192 g/mol. The summed E-state index contributed by atoms with van der Waals surface area (Å²) in [6, 6.07) is 4.72. The number of aromatic hydroxyl groups is 1. The number of nitrogens with one attached hydrogen (secondary N) is 1. The predicted molar refractivity (Wildman–Crippen MR) is 54.0 cm³/mol. The molecule has 0 radical (unpaired) electrons. The number of aromatic amines is 1. The minimum atomic E-state index is -0.539. The third-order valence-electron chi connectivity index (χ3n) is 2.30. The minimum Gasteiger partial charge on any atom is -0.508 e. The molecule has 74 valence electrons. The standard InChI is InChI=1S/C10H12N2O2/c11-8(5-13)7-4-9-6(1-2-12-9)3-10(7)14/h1-4,8,12-14H,5,11H2/t8-/m1/s1. The third-order valence-corrected chi connectivity index (χ3v) is 2.30. The van der Waals surface area contributed by atoms with Crippen molar-refractivity contribution in [2.24, 2.45) is 5.73 Å². The highest BCUT2D eigenvalue weighted by atomic mass is 16.3. The van der Waals surface area contributed by atoms with E-state index in [1.807, 2.05) is 6.07 Å². The van der Waals surface area contributed by atoms with Gasteiger partial charge < -0.3 is 20.9 Å². The van der Waals surface area contributed by atoms with E-state index in [1.165, 1.54) is 0 Å². The number of fused-ring (bicyclic) bond motifs is 1. The zero-order valence-electron chi connectivity index (χ0n) is 7.57. The molecule has 4 heteroatoms. The molecule has 5 N–H and O–H groups in total. The summed E-state index contributed by atoms with van der Waals surface area (Å²) in [4.78, 5) is 3.02. The van der Waals surface area contributed by atoms with Crippen LogP contribution in [-0.4, -0.2) is 21.8 Å². The second kappa shape index (κ2) is 3.32. The first kappa shape index (κ1) is 9.05. The number of H-pyrrole nitrogens is 1. The molecule has 2 rings (SSSR count). The third kappa shape index (κ3) is 1.34. The van der Waals surface area contributed by atoms with E-state index in [-0.39, 0.29) is 12.4 Å². The molecular formula is C10H12N2O2. The molecule has 0 saturated carbocycles. The first-order chi connectivity index (χ1) is 6.72. The van der Waals surface area contributed by atoms with E-state index < -0.39 is 6.04 Å². The number of rotatable bonds is 2. The molecule has 2 aromatic rings. The van der Waals surface area contributed by atoms with Crippen molar-refractivity contribution >= 4 is 10.9 Å². The number of phenols is 1. The van der Waals surface area contributed by atoms with Crippen LogP contribution in [0.25, 0.3) is 10.9 Å². The molecule has 0 aliphatic carbocycles. The van der Waals surface area contributed by atoms with E-state index >= 15 is 0 Å². The lowest BCUT2D eigenvalue weighted by Gasteiger charge is -2.10. The largest absolute Gasteiger partial charge is 0.508 e. The van der Waals surface area contributed by atoms with Crippen molar-refractivity contribution in [3.8, 4) is 5.75 Å².